The van der Waals surface area contributed by atoms with E-state index >= 15 is 0 Å². The lowest BCUT2D eigenvalue weighted by atomic mass is 9.85. The number of hydrogen-bond donors (Lipinski definition) is 1. The van der Waals surface area contributed by atoms with Gasteiger partial charge >= 0.3 is 0 Å². The highest BCUT2D eigenvalue weighted by molar-refractivity contribution is 6.30. The Labute approximate surface area is 72.3 Å². The topological polar surface area (TPSA) is 29.1 Å². The van der Waals surface area contributed by atoms with Crippen LogP contribution in [0.25, 0.3) is 0 Å². The molecule has 0 aliphatic carbocycles. The summed E-state index contributed by atoms with van der Waals surface area (Å²) in [6.07, 6.45) is 1.79. The van der Waals surface area contributed by atoms with Crippen molar-refractivity contribution < 1.29 is 4.79 Å². The normalized spacial score (nSPS) is 30.8. The van der Waals surface area contributed by atoms with Crippen molar-refractivity contribution in [3.8, 4) is 0 Å². The minimum Gasteiger partial charge on any atom is -0.355 e. The molecule has 0 aromatic carbocycles. The van der Waals surface area contributed by atoms with Crippen molar-refractivity contribution in [2.75, 3.05) is 6.54 Å². The average Bonchev–Trinajstić information content (AvgIpc) is 1.93. The maximum atomic E-state index is 11.1. The standard InChI is InChI=1S/C8H14ClNO/c1-8(2)3-4-10-7(11)6(9)5-8/h6H,3-5H2,1-2H3,(H,10,11)/t6-/m0/s1. The van der Waals surface area contributed by atoms with Gasteiger partial charge in [0.1, 0.15) is 5.38 Å². The van der Waals surface area contributed by atoms with Crippen LogP contribution < -0.4 is 5.32 Å². The number of carbonyl (C=O) groups excluding carboxylic acids is 1. The van der Waals surface area contributed by atoms with Crippen LogP contribution in [0.5, 0.6) is 0 Å². The van der Waals surface area contributed by atoms with Gasteiger partial charge in [0.2, 0.25) is 5.91 Å². The van der Waals surface area contributed by atoms with Crippen LogP contribution in [-0.2, 0) is 4.79 Å². The molecule has 64 valence electrons. The van der Waals surface area contributed by atoms with Crippen LogP contribution in [0.15, 0.2) is 0 Å². The Morgan fingerprint density at radius 1 is 1.64 bits per heavy atom. The van der Waals surface area contributed by atoms with E-state index in [9.17, 15) is 4.79 Å². The van der Waals surface area contributed by atoms with E-state index in [1.54, 1.807) is 0 Å². The van der Waals surface area contributed by atoms with Crippen LogP contribution >= 0.6 is 11.6 Å². The van der Waals surface area contributed by atoms with E-state index in [0.29, 0.717) is 0 Å². The van der Waals surface area contributed by atoms with Crippen LogP contribution in [0.2, 0.25) is 0 Å². The van der Waals surface area contributed by atoms with Gasteiger partial charge in [0, 0.05) is 6.54 Å². The summed E-state index contributed by atoms with van der Waals surface area (Å²) in [5.41, 5.74) is 0.200. The molecule has 1 atom stereocenters. The first-order valence-electron chi connectivity index (χ1n) is 3.93. The molecule has 0 spiro atoms. The zero-order chi connectivity index (χ0) is 8.48. The number of rotatable bonds is 0. The molecule has 1 aliphatic heterocycles. The fourth-order valence-electron chi connectivity index (χ4n) is 1.31. The summed E-state index contributed by atoms with van der Waals surface area (Å²) in [6.45, 7) is 5.04. The molecule has 1 heterocycles. The monoisotopic (exact) mass is 175 g/mol. The number of amides is 1. The van der Waals surface area contributed by atoms with Gasteiger partial charge in [-0.15, -0.1) is 11.6 Å². The average molecular weight is 176 g/mol. The van der Waals surface area contributed by atoms with Crippen molar-refractivity contribution in [2.45, 2.75) is 32.1 Å². The highest BCUT2D eigenvalue weighted by atomic mass is 35.5. The van der Waals surface area contributed by atoms with E-state index in [1.807, 2.05) is 0 Å². The lowest BCUT2D eigenvalue weighted by molar-refractivity contribution is -0.120. The molecule has 11 heavy (non-hydrogen) atoms. The van der Waals surface area contributed by atoms with Crippen LogP contribution in [-0.4, -0.2) is 17.8 Å². The molecule has 1 fully saturated rings. The van der Waals surface area contributed by atoms with Gasteiger partial charge in [-0.2, -0.15) is 0 Å². The third-order valence-electron chi connectivity index (χ3n) is 2.12. The molecule has 2 nitrogen and oxygen atoms in total. The fraction of sp³-hybridized carbons (Fsp3) is 0.875. The van der Waals surface area contributed by atoms with Crippen molar-refractivity contribution in [3.63, 3.8) is 0 Å². The van der Waals surface area contributed by atoms with Gasteiger partial charge in [-0.1, -0.05) is 13.8 Å². The van der Waals surface area contributed by atoms with Gasteiger partial charge in [-0.3, -0.25) is 4.79 Å². The molecule has 0 saturated carbocycles. The molecular weight excluding hydrogens is 162 g/mol. The molecule has 1 aliphatic rings. The van der Waals surface area contributed by atoms with E-state index in [4.69, 9.17) is 11.6 Å². The Hall–Kier alpha value is -0.240. The second-order valence-electron chi connectivity index (χ2n) is 3.88. The summed E-state index contributed by atoms with van der Waals surface area (Å²) < 4.78 is 0. The largest absolute Gasteiger partial charge is 0.355 e. The molecule has 0 bridgehead atoms. The number of halogens is 1. The highest BCUT2D eigenvalue weighted by Crippen LogP contribution is 2.30. The molecule has 1 amide bonds. The van der Waals surface area contributed by atoms with Gasteiger partial charge in [-0.25, -0.2) is 0 Å². The fourth-order valence-corrected chi connectivity index (χ4v) is 1.81. The van der Waals surface area contributed by atoms with Crippen LogP contribution in [0, 0.1) is 5.41 Å². The smallest absolute Gasteiger partial charge is 0.238 e. The molecule has 0 unspecified atom stereocenters. The predicted molar refractivity (Wildman–Crippen MR) is 45.7 cm³/mol. The second kappa shape index (κ2) is 3.02. The Balaban J connectivity index is 2.63. The van der Waals surface area contributed by atoms with E-state index in [2.05, 4.69) is 19.2 Å². The lowest BCUT2D eigenvalue weighted by Gasteiger charge is -2.21. The Bertz CT molecular complexity index is 167. The summed E-state index contributed by atoms with van der Waals surface area (Å²) in [7, 11) is 0. The molecule has 1 rings (SSSR count). The molecule has 1 N–H and O–H groups in total. The zero-order valence-corrected chi connectivity index (χ0v) is 7.74. The van der Waals surface area contributed by atoms with Crippen LogP contribution in [0.3, 0.4) is 0 Å². The quantitative estimate of drug-likeness (QED) is 0.556. The maximum Gasteiger partial charge on any atom is 0.238 e. The Morgan fingerprint density at radius 2 is 2.27 bits per heavy atom. The zero-order valence-electron chi connectivity index (χ0n) is 6.98. The summed E-state index contributed by atoms with van der Waals surface area (Å²) in [5, 5.41) is 2.44. The molecule has 0 aromatic heterocycles. The SMILES string of the molecule is CC1(C)CCNC(=O)[C@@H](Cl)C1. The summed E-state index contributed by atoms with van der Waals surface area (Å²) in [6, 6.07) is 0. The maximum absolute atomic E-state index is 11.1. The van der Waals surface area contributed by atoms with Crippen molar-refractivity contribution in [2.24, 2.45) is 5.41 Å². The van der Waals surface area contributed by atoms with Gasteiger partial charge in [0.15, 0.2) is 0 Å². The minimum atomic E-state index is -0.340. The molecule has 1 saturated heterocycles. The first kappa shape index (κ1) is 8.85. The summed E-state index contributed by atoms with van der Waals surface area (Å²) >= 11 is 5.84. The molecule has 0 aromatic rings. The van der Waals surface area contributed by atoms with Crippen LogP contribution in [0.4, 0.5) is 0 Å². The second-order valence-corrected chi connectivity index (χ2v) is 4.40. The number of nitrogens with one attached hydrogen (secondary N) is 1. The first-order valence-corrected chi connectivity index (χ1v) is 4.37. The van der Waals surface area contributed by atoms with Gasteiger partial charge in [0.05, 0.1) is 0 Å². The molecule has 0 radical (unpaired) electrons. The van der Waals surface area contributed by atoms with Gasteiger partial charge in [-0.05, 0) is 18.3 Å². The molecule has 3 heteroatoms. The predicted octanol–water partition coefficient (Wildman–Crippen LogP) is 1.53. The number of alkyl halides is 1. The van der Waals surface area contributed by atoms with Crippen molar-refractivity contribution in [1.82, 2.24) is 5.32 Å². The third-order valence-corrected chi connectivity index (χ3v) is 2.47. The number of hydrogen-bond acceptors (Lipinski definition) is 1. The lowest BCUT2D eigenvalue weighted by Crippen LogP contribution is -2.29. The summed E-state index contributed by atoms with van der Waals surface area (Å²) in [4.78, 5) is 11.1. The minimum absolute atomic E-state index is 0.0164. The van der Waals surface area contributed by atoms with Crippen molar-refractivity contribution in [3.05, 3.63) is 0 Å². The Kier molecular flexibility index (Phi) is 2.43. The first-order chi connectivity index (χ1) is 5.01. The van der Waals surface area contributed by atoms with E-state index in [0.717, 1.165) is 19.4 Å². The van der Waals surface area contributed by atoms with E-state index in [1.165, 1.54) is 0 Å². The van der Waals surface area contributed by atoms with Gasteiger partial charge < -0.3 is 5.32 Å². The van der Waals surface area contributed by atoms with Crippen LogP contribution in [0.1, 0.15) is 26.7 Å². The Morgan fingerprint density at radius 3 is 2.91 bits per heavy atom. The molecular formula is C8H14ClNO. The third kappa shape index (κ3) is 2.37. The number of carbonyl (C=O) groups is 1. The van der Waals surface area contributed by atoms with Crippen molar-refractivity contribution in [1.29, 1.82) is 0 Å². The highest BCUT2D eigenvalue weighted by Gasteiger charge is 2.29. The van der Waals surface area contributed by atoms with E-state index in [-0.39, 0.29) is 16.7 Å². The summed E-state index contributed by atoms with van der Waals surface area (Å²) in [5.74, 6) is -0.0164. The van der Waals surface area contributed by atoms with Crippen molar-refractivity contribution >= 4 is 17.5 Å². The van der Waals surface area contributed by atoms with E-state index < -0.39 is 0 Å². The van der Waals surface area contributed by atoms with Gasteiger partial charge in [0.25, 0.3) is 0 Å².